The van der Waals surface area contributed by atoms with Gasteiger partial charge in [0.1, 0.15) is 11.3 Å². The topological polar surface area (TPSA) is 70.5 Å². The highest BCUT2D eigenvalue weighted by Crippen LogP contribution is 2.21. The molecule has 0 bridgehead atoms. The zero-order valence-corrected chi connectivity index (χ0v) is 9.97. The third-order valence-electron chi connectivity index (χ3n) is 2.64. The summed E-state index contributed by atoms with van der Waals surface area (Å²) in [6, 6.07) is 5.52. The number of methoxy groups -OCH3 is 2. The number of hydrogen-bond donors (Lipinski definition) is 1. The fourth-order valence-corrected chi connectivity index (χ4v) is 1.63. The molecule has 0 radical (unpaired) electrons. The molecule has 0 spiro atoms. The molecular formula is C12H16N2O3. The smallest absolute Gasteiger partial charge is 0.198 e. The van der Waals surface area contributed by atoms with E-state index in [-0.39, 0.29) is 6.10 Å². The lowest BCUT2D eigenvalue weighted by Gasteiger charge is -2.09. The predicted molar refractivity (Wildman–Crippen MR) is 64.1 cm³/mol. The Kier molecular flexibility index (Phi) is 3.61. The highest BCUT2D eigenvalue weighted by molar-refractivity contribution is 5.74. The average molecular weight is 236 g/mol. The molecule has 2 rings (SSSR count). The molecule has 92 valence electrons. The first-order valence-electron chi connectivity index (χ1n) is 5.43. The molecule has 5 nitrogen and oxygen atoms in total. The first kappa shape index (κ1) is 11.9. The van der Waals surface area contributed by atoms with Gasteiger partial charge in [-0.15, -0.1) is 0 Å². The van der Waals surface area contributed by atoms with Crippen molar-refractivity contribution < 1.29 is 13.9 Å². The van der Waals surface area contributed by atoms with Crippen molar-refractivity contribution in [3.8, 4) is 5.75 Å². The van der Waals surface area contributed by atoms with E-state index in [4.69, 9.17) is 19.6 Å². The van der Waals surface area contributed by atoms with Crippen LogP contribution in [0.4, 0.5) is 0 Å². The summed E-state index contributed by atoms with van der Waals surface area (Å²) in [5, 5.41) is 0. The minimum Gasteiger partial charge on any atom is -0.497 e. The van der Waals surface area contributed by atoms with Gasteiger partial charge in [-0.2, -0.15) is 0 Å². The molecule has 0 amide bonds. The van der Waals surface area contributed by atoms with Gasteiger partial charge in [0, 0.05) is 19.7 Å². The summed E-state index contributed by atoms with van der Waals surface area (Å²) < 4.78 is 15.9. The summed E-state index contributed by atoms with van der Waals surface area (Å²) in [6.07, 6.45) is 0.509. The van der Waals surface area contributed by atoms with Crippen molar-refractivity contribution in [1.82, 2.24) is 4.98 Å². The third-order valence-corrected chi connectivity index (χ3v) is 2.64. The molecule has 2 N–H and O–H groups in total. The number of nitrogens with two attached hydrogens (primary N) is 1. The standard InChI is InChI=1S/C12H16N2O3/c1-15-8-3-4-11-10(5-8)14-12(17-11)6-9(7-13)16-2/h3-5,9H,6-7,13H2,1-2H3. The maximum Gasteiger partial charge on any atom is 0.198 e. The molecule has 1 unspecified atom stereocenters. The highest BCUT2D eigenvalue weighted by Gasteiger charge is 2.12. The lowest BCUT2D eigenvalue weighted by Crippen LogP contribution is -2.24. The molecule has 1 aromatic heterocycles. The monoisotopic (exact) mass is 236 g/mol. The molecule has 5 heteroatoms. The molecule has 0 aliphatic rings. The fraction of sp³-hybridized carbons (Fsp3) is 0.417. The molecule has 1 aromatic carbocycles. The van der Waals surface area contributed by atoms with Crippen molar-refractivity contribution in [1.29, 1.82) is 0 Å². The van der Waals surface area contributed by atoms with Gasteiger partial charge in [-0.25, -0.2) is 4.98 Å². The van der Waals surface area contributed by atoms with Crippen LogP contribution < -0.4 is 10.5 Å². The average Bonchev–Trinajstić information content (AvgIpc) is 2.76. The summed E-state index contributed by atoms with van der Waals surface area (Å²) in [6.45, 7) is 0.443. The van der Waals surface area contributed by atoms with Gasteiger partial charge in [0.05, 0.1) is 19.6 Å². The number of ether oxygens (including phenoxy) is 2. The Morgan fingerprint density at radius 2 is 2.24 bits per heavy atom. The molecule has 1 heterocycles. The number of hydrogen-bond acceptors (Lipinski definition) is 5. The summed E-state index contributed by atoms with van der Waals surface area (Å²) in [5.74, 6) is 1.39. The van der Waals surface area contributed by atoms with Gasteiger partial charge in [0.2, 0.25) is 0 Å². The second kappa shape index (κ2) is 5.16. The lowest BCUT2D eigenvalue weighted by molar-refractivity contribution is 0.104. The van der Waals surface area contributed by atoms with Gasteiger partial charge >= 0.3 is 0 Å². The minimum atomic E-state index is -0.0649. The van der Waals surface area contributed by atoms with E-state index in [9.17, 15) is 0 Å². The number of aromatic nitrogens is 1. The zero-order valence-electron chi connectivity index (χ0n) is 9.97. The van der Waals surface area contributed by atoms with Crippen molar-refractivity contribution in [2.75, 3.05) is 20.8 Å². The van der Waals surface area contributed by atoms with Crippen LogP contribution in [0.15, 0.2) is 22.6 Å². The van der Waals surface area contributed by atoms with Gasteiger partial charge < -0.3 is 19.6 Å². The van der Waals surface area contributed by atoms with Gasteiger partial charge in [-0.3, -0.25) is 0 Å². The van der Waals surface area contributed by atoms with E-state index >= 15 is 0 Å². The van der Waals surface area contributed by atoms with Crippen molar-refractivity contribution in [3.05, 3.63) is 24.1 Å². The van der Waals surface area contributed by atoms with Crippen LogP contribution in [0.1, 0.15) is 5.89 Å². The Labute approximate surface area is 99.5 Å². The van der Waals surface area contributed by atoms with Crippen LogP contribution >= 0.6 is 0 Å². The molecule has 0 fully saturated rings. The van der Waals surface area contributed by atoms with Crippen molar-refractivity contribution in [2.45, 2.75) is 12.5 Å². The van der Waals surface area contributed by atoms with Crippen LogP contribution in [0.3, 0.4) is 0 Å². The van der Waals surface area contributed by atoms with E-state index in [2.05, 4.69) is 4.98 Å². The van der Waals surface area contributed by atoms with E-state index in [0.717, 1.165) is 16.8 Å². The summed E-state index contributed by atoms with van der Waals surface area (Å²) in [4.78, 5) is 4.37. The molecular weight excluding hydrogens is 220 g/mol. The highest BCUT2D eigenvalue weighted by atomic mass is 16.5. The Bertz CT molecular complexity index is 491. The zero-order chi connectivity index (χ0) is 12.3. The van der Waals surface area contributed by atoms with Crippen molar-refractivity contribution in [3.63, 3.8) is 0 Å². The molecule has 0 saturated carbocycles. The normalized spacial score (nSPS) is 12.9. The van der Waals surface area contributed by atoms with E-state index < -0.39 is 0 Å². The number of oxazole rings is 1. The van der Waals surface area contributed by atoms with Crippen LogP contribution in [-0.2, 0) is 11.2 Å². The Hall–Kier alpha value is -1.59. The third kappa shape index (κ3) is 2.57. The van der Waals surface area contributed by atoms with Crippen molar-refractivity contribution in [2.24, 2.45) is 5.73 Å². The Morgan fingerprint density at radius 1 is 1.41 bits per heavy atom. The first-order chi connectivity index (χ1) is 8.26. The number of fused-ring (bicyclic) bond motifs is 1. The Morgan fingerprint density at radius 3 is 2.88 bits per heavy atom. The van der Waals surface area contributed by atoms with E-state index in [1.165, 1.54) is 0 Å². The van der Waals surface area contributed by atoms with Gasteiger partial charge in [0.25, 0.3) is 0 Å². The van der Waals surface area contributed by atoms with Crippen LogP contribution in [0, 0.1) is 0 Å². The maximum atomic E-state index is 5.60. The van der Waals surface area contributed by atoms with E-state index in [0.29, 0.717) is 18.9 Å². The van der Waals surface area contributed by atoms with Crippen LogP contribution in [0.2, 0.25) is 0 Å². The fourth-order valence-electron chi connectivity index (χ4n) is 1.63. The molecule has 0 aliphatic heterocycles. The largest absolute Gasteiger partial charge is 0.497 e. The SMILES string of the molecule is COc1ccc2oc(CC(CN)OC)nc2c1. The van der Waals surface area contributed by atoms with Crippen LogP contribution in [0.25, 0.3) is 11.1 Å². The maximum absolute atomic E-state index is 5.60. The van der Waals surface area contributed by atoms with Crippen LogP contribution in [-0.4, -0.2) is 31.9 Å². The number of nitrogens with zero attached hydrogens (tertiary/aromatic N) is 1. The molecule has 1 atom stereocenters. The summed E-state index contributed by atoms with van der Waals surface area (Å²) in [5.41, 5.74) is 7.08. The molecule has 2 aromatic rings. The van der Waals surface area contributed by atoms with E-state index in [1.54, 1.807) is 14.2 Å². The van der Waals surface area contributed by atoms with Crippen LogP contribution in [0.5, 0.6) is 5.75 Å². The van der Waals surface area contributed by atoms with E-state index in [1.807, 2.05) is 18.2 Å². The minimum absolute atomic E-state index is 0.0649. The van der Waals surface area contributed by atoms with Gasteiger partial charge in [-0.1, -0.05) is 0 Å². The lowest BCUT2D eigenvalue weighted by atomic mass is 10.2. The van der Waals surface area contributed by atoms with Gasteiger partial charge in [-0.05, 0) is 12.1 Å². The number of rotatable bonds is 5. The quantitative estimate of drug-likeness (QED) is 0.848. The van der Waals surface area contributed by atoms with Gasteiger partial charge in [0.15, 0.2) is 11.5 Å². The first-order valence-corrected chi connectivity index (χ1v) is 5.43. The molecule has 0 aliphatic carbocycles. The second-order valence-corrected chi connectivity index (χ2v) is 3.74. The molecule has 0 saturated heterocycles. The second-order valence-electron chi connectivity index (χ2n) is 3.74. The molecule has 17 heavy (non-hydrogen) atoms. The Balaban J connectivity index is 2.25. The predicted octanol–water partition coefficient (Wildman–Crippen LogP) is 1.35. The summed E-state index contributed by atoms with van der Waals surface area (Å²) >= 11 is 0. The number of benzene rings is 1. The van der Waals surface area contributed by atoms with Crippen molar-refractivity contribution >= 4 is 11.1 Å². The summed E-state index contributed by atoms with van der Waals surface area (Å²) in [7, 11) is 3.25.